The summed E-state index contributed by atoms with van der Waals surface area (Å²) in [5, 5.41) is 0. The average Bonchev–Trinajstić information content (AvgIpc) is 2.15. The summed E-state index contributed by atoms with van der Waals surface area (Å²) in [7, 11) is 0. The predicted molar refractivity (Wildman–Crippen MR) is 43.9 cm³/mol. The first-order chi connectivity index (χ1) is 7.02. The molecule has 3 nitrogen and oxygen atoms in total. The maximum atomic E-state index is 12.2. The standard InChI is InChI=1S/C8H14F4O3/c1-3-13-7(5(9)10)15-8(6(11)12)14-4-2/h5-8H,3-4H2,1-2H3. The van der Waals surface area contributed by atoms with Crippen molar-refractivity contribution in [2.75, 3.05) is 13.2 Å². The van der Waals surface area contributed by atoms with Gasteiger partial charge in [0, 0.05) is 13.2 Å². The lowest BCUT2D eigenvalue weighted by Crippen LogP contribution is -2.36. The molecule has 0 aromatic heterocycles. The highest BCUT2D eigenvalue weighted by atomic mass is 19.3. The van der Waals surface area contributed by atoms with Gasteiger partial charge in [0.05, 0.1) is 0 Å². The van der Waals surface area contributed by atoms with E-state index < -0.39 is 25.4 Å². The smallest absolute Gasteiger partial charge is 0.288 e. The van der Waals surface area contributed by atoms with Crippen molar-refractivity contribution in [3.63, 3.8) is 0 Å². The fourth-order valence-corrected chi connectivity index (χ4v) is 0.804. The van der Waals surface area contributed by atoms with E-state index in [1.165, 1.54) is 13.8 Å². The van der Waals surface area contributed by atoms with Gasteiger partial charge in [-0.1, -0.05) is 0 Å². The summed E-state index contributed by atoms with van der Waals surface area (Å²) < 4.78 is 62.0. The zero-order valence-electron chi connectivity index (χ0n) is 8.46. The molecule has 0 aliphatic heterocycles. The Balaban J connectivity index is 4.19. The fraction of sp³-hybridized carbons (Fsp3) is 1.00. The van der Waals surface area contributed by atoms with Crippen LogP contribution >= 0.6 is 0 Å². The summed E-state index contributed by atoms with van der Waals surface area (Å²) in [5.41, 5.74) is 0. The highest BCUT2D eigenvalue weighted by molar-refractivity contribution is 4.53. The van der Waals surface area contributed by atoms with E-state index in [2.05, 4.69) is 14.2 Å². The van der Waals surface area contributed by atoms with Gasteiger partial charge in [-0.3, -0.25) is 0 Å². The second-order valence-corrected chi connectivity index (χ2v) is 2.45. The minimum atomic E-state index is -2.99. The Hall–Kier alpha value is -0.400. The predicted octanol–water partition coefficient (Wildman–Crippen LogP) is 2.26. The third-order valence-electron chi connectivity index (χ3n) is 1.34. The lowest BCUT2D eigenvalue weighted by molar-refractivity contribution is -0.304. The van der Waals surface area contributed by atoms with Crippen LogP contribution in [0.25, 0.3) is 0 Å². The molecule has 92 valence electrons. The molecule has 0 aromatic carbocycles. The number of hydrogen-bond donors (Lipinski definition) is 0. The lowest BCUT2D eigenvalue weighted by Gasteiger charge is -2.23. The summed E-state index contributed by atoms with van der Waals surface area (Å²) >= 11 is 0. The van der Waals surface area contributed by atoms with E-state index >= 15 is 0 Å². The Kier molecular flexibility index (Phi) is 7.63. The number of alkyl halides is 4. The summed E-state index contributed by atoms with van der Waals surface area (Å²) in [6, 6.07) is 0. The molecule has 0 radical (unpaired) electrons. The molecule has 0 bridgehead atoms. The van der Waals surface area contributed by atoms with Gasteiger partial charge in [0.15, 0.2) is 0 Å². The molecule has 2 atom stereocenters. The van der Waals surface area contributed by atoms with E-state index in [0.29, 0.717) is 0 Å². The van der Waals surface area contributed by atoms with Gasteiger partial charge in [0.1, 0.15) is 0 Å². The van der Waals surface area contributed by atoms with Crippen molar-refractivity contribution in [3.8, 4) is 0 Å². The molecule has 0 aliphatic rings. The molecule has 0 amide bonds. The van der Waals surface area contributed by atoms with Gasteiger partial charge in [-0.25, -0.2) is 17.6 Å². The van der Waals surface area contributed by atoms with Crippen molar-refractivity contribution in [3.05, 3.63) is 0 Å². The number of rotatable bonds is 8. The van der Waals surface area contributed by atoms with Gasteiger partial charge in [-0.2, -0.15) is 0 Å². The molecule has 0 heterocycles. The summed E-state index contributed by atoms with van der Waals surface area (Å²) in [4.78, 5) is 0. The van der Waals surface area contributed by atoms with Crippen LogP contribution in [0, 0.1) is 0 Å². The number of hydrogen-bond acceptors (Lipinski definition) is 3. The molecule has 0 aromatic rings. The first-order valence-corrected chi connectivity index (χ1v) is 4.47. The third kappa shape index (κ3) is 5.91. The van der Waals surface area contributed by atoms with E-state index in [1.54, 1.807) is 0 Å². The van der Waals surface area contributed by atoms with Crippen molar-refractivity contribution in [1.82, 2.24) is 0 Å². The summed E-state index contributed by atoms with van der Waals surface area (Å²) in [5.74, 6) is 0. The second kappa shape index (κ2) is 7.84. The zero-order valence-corrected chi connectivity index (χ0v) is 8.46. The normalized spacial score (nSPS) is 16.0. The SMILES string of the molecule is CCOC(OC(OCC)C(F)F)C(F)F. The molecule has 0 saturated heterocycles. The van der Waals surface area contributed by atoms with E-state index in [4.69, 9.17) is 0 Å². The highest BCUT2D eigenvalue weighted by Crippen LogP contribution is 2.15. The van der Waals surface area contributed by atoms with E-state index in [9.17, 15) is 17.6 Å². The lowest BCUT2D eigenvalue weighted by atomic mass is 10.6. The van der Waals surface area contributed by atoms with Gasteiger partial charge in [0.25, 0.3) is 12.9 Å². The molecular weight excluding hydrogens is 220 g/mol. The van der Waals surface area contributed by atoms with Crippen LogP contribution in [-0.2, 0) is 14.2 Å². The Morgan fingerprint density at radius 1 is 0.800 bits per heavy atom. The number of halogens is 4. The van der Waals surface area contributed by atoms with Crippen LogP contribution in [-0.4, -0.2) is 38.6 Å². The minimum Gasteiger partial charge on any atom is -0.348 e. The van der Waals surface area contributed by atoms with Crippen molar-refractivity contribution in [2.24, 2.45) is 0 Å². The topological polar surface area (TPSA) is 27.7 Å². The second-order valence-electron chi connectivity index (χ2n) is 2.45. The number of ether oxygens (including phenoxy) is 3. The molecular formula is C8H14F4O3. The Morgan fingerprint density at radius 2 is 1.13 bits per heavy atom. The summed E-state index contributed by atoms with van der Waals surface area (Å²) in [6.07, 6.45) is -9.96. The van der Waals surface area contributed by atoms with Crippen LogP contribution in [0.2, 0.25) is 0 Å². The molecule has 7 heteroatoms. The molecule has 15 heavy (non-hydrogen) atoms. The average molecular weight is 234 g/mol. The molecule has 0 N–H and O–H groups in total. The first kappa shape index (κ1) is 14.6. The van der Waals surface area contributed by atoms with Crippen LogP contribution in [0.1, 0.15) is 13.8 Å². The zero-order chi connectivity index (χ0) is 11.8. The van der Waals surface area contributed by atoms with Gasteiger partial charge in [-0.05, 0) is 13.8 Å². The van der Waals surface area contributed by atoms with Gasteiger partial charge in [0.2, 0.25) is 12.6 Å². The molecule has 0 spiro atoms. The Morgan fingerprint density at radius 3 is 1.33 bits per heavy atom. The Labute approximate surface area is 85.3 Å². The van der Waals surface area contributed by atoms with E-state index in [-0.39, 0.29) is 13.2 Å². The van der Waals surface area contributed by atoms with E-state index in [1.807, 2.05) is 0 Å². The van der Waals surface area contributed by atoms with Crippen LogP contribution < -0.4 is 0 Å². The molecule has 0 fully saturated rings. The maximum Gasteiger partial charge on any atom is 0.288 e. The molecule has 2 unspecified atom stereocenters. The van der Waals surface area contributed by atoms with Gasteiger partial charge < -0.3 is 14.2 Å². The van der Waals surface area contributed by atoms with Crippen LogP contribution in [0.15, 0.2) is 0 Å². The minimum absolute atomic E-state index is 0.0584. The third-order valence-corrected chi connectivity index (χ3v) is 1.34. The highest BCUT2D eigenvalue weighted by Gasteiger charge is 2.30. The quantitative estimate of drug-likeness (QED) is 0.476. The first-order valence-electron chi connectivity index (χ1n) is 4.47. The van der Waals surface area contributed by atoms with Crippen molar-refractivity contribution in [2.45, 2.75) is 39.3 Å². The molecule has 0 saturated carbocycles. The Bertz CT molecular complexity index is 141. The van der Waals surface area contributed by atoms with E-state index in [0.717, 1.165) is 0 Å². The van der Waals surface area contributed by atoms with Crippen LogP contribution in [0.5, 0.6) is 0 Å². The van der Waals surface area contributed by atoms with Crippen molar-refractivity contribution < 1.29 is 31.8 Å². The molecule has 0 aliphatic carbocycles. The van der Waals surface area contributed by atoms with Gasteiger partial charge >= 0.3 is 0 Å². The van der Waals surface area contributed by atoms with Gasteiger partial charge in [-0.15, -0.1) is 0 Å². The maximum absolute atomic E-state index is 12.2. The summed E-state index contributed by atoms with van der Waals surface area (Å²) in [6.45, 7) is 2.79. The fourth-order valence-electron chi connectivity index (χ4n) is 0.804. The van der Waals surface area contributed by atoms with Crippen molar-refractivity contribution >= 4 is 0 Å². The largest absolute Gasteiger partial charge is 0.348 e. The van der Waals surface area contributed by atoms with Crippen LogP contribution in [0.3, 0.4) is 0 Å². The van der Waals surface area contributed by atoms with Crippen LogP contribution in [0.4, 0.5) is 17.6 Å². The monoisotopic (exact) mass is 234 g/mol. The van der Waals surface area contributed by atoms with Crippen molar-refractivity contribution in [1.29, 1.82) is 0 Å². The molecule has 0 rings (SSSR count).